The second kappa shape index (κ2) is 2.89. The number of hydrogen-bond acceptors (Lipinski definition) is 1. The van der Waals surface area contributed by atoms with Crippen molar-refractivity contribution in [2.24, 2.45) is 0 Å². The van der Waals surface area contributed by atoms with Gasteiger partial charge in [-0.2, -0.15) is 0 Å². The Bertz CT molecular complexity index is 376. The zero-order valence-corrected chi connectivity index (χ0v) is 7.12. The van der Waals surface area contributed by atoms with Crippen molar-refractivity contribution in [1.29, 1.82) is 0 Å². The highest BCUT2D eigenvalue weighted by Crippen LogP contribution is 2.16. The molecule has 0 saturated heterocycles. The van der Waals surface area contributed by atoms with Crippen molar-refractivity contribution in [3.63, 3.8) is 0 Å². The monoisotopic (exact) mass is 160 g/mol. The molecule has 0 aliphatic carbocycles. The standard InChI is InChI=1S/C10H12N2/c1-2-11-9-6-8-12-7-4-3-5-10(9)12/h3-8,11H,2H2,1H3. The zero-order valence-electron chi connectivity index (χ0n) is 7.12. The van der Waals surface area contributed by atoms with Crippen LogP contribution in [0.1, 0.15) is 6.92 Å². The van der Waals surface area contributed by atoms with Crippen LogP contribution < -0.4 is 5.32 Å². The summed E-state index contributed by atoms with van der Waals surface area (Å²) < 4.78 is 2.11. The van der Waals surface area contributed by atoms with E-state index in [-0.39, 0.29) is 0 Å². The van der Waals surface area contributed by atoms with Crippen molar-refractivity contribution < 1.29 is 0 Å². The number of rotatable bonds is 2. The normalized spacial score (nSPS) is 10.4. The van der Waals surface area contributed by atoms with Gasteiger partial charge in [0.25, 0.3) is 0 Å². The van der Waals surface area contributed by atoms with E-state index in [0.717, 1.165) is 6.54 Å². The van der Waals surface area contributed by atoms with E-state index >= 15 is 0 Å². The molecule has 0 amide bonds. The Balaban J connectivity index is 2.55. The Kier molecular flexibility index (Phi) is 1.74. The third kappa shape index (κ3) is 1.05. The molecule has 1 N–H and O–H groups in total. The van der Waals surface area contributed by atoms with Crippen LogP contribution in [0.25, 0.3) is 5.52 Å². The van der Waals surface area contributed by atoms with Gasteiger partial charge < -0.3 is 9.72 Å². The molecule has 2 heterocycles. The number of pyridine rings is 1. The summed E-state index contributed by atoms with van der Waals surface area (Å²) in [4.78, 5) is 0. The van der Waals surface area contributed by atoms with Gasteiger partial charge in [0.2, 0.25) is 0 Å². The fourth-order valence-corrected chi connectivity index (χ4v) is 1.39. The molecular weight excluding hydrogens is 148 g/mol. The van der Waals surface area contributed by atoms with Gasteiger partial charge in [-0.3, -0.25) is 0 Å². The summed E-state index contributed by atoms with van der Waals surface area (Å²) in [6.07, 6.45) is 4.11. The van der Waals surface area contributed by atoms with Gasteiger partial charge in [-0.1, -0.05) is 6.07 Å². The van der Waals surface area contributed by atoms with Crippen molar-refractivity contribution in [3.8, 4) is 0 Å². The molecule has 0 radical (unpaired) electrons. The van der Waals surface area contributed by atoms with E-state index in [9.17, 15) is 0 Å². The topological polar surface area (TPSA) is 16.4 Å². The fourth-order valence-electron chi connectivity index (χ4n) is 1.39. The smallest absolute Gasteiger partial charge is 0.0683 e. The molecule has 62 valence electrons. The second-order valence-corrected chi connectivity index (χ2v) is 2.75. The van der Waals surface area contributed by atoms with E-state index in [2.05, 4.69) is 47.2 Å². The first-order valence-corrected chi connectivity index (χ1v) is 4.21. The minimum Gasteiger partial charge on any atom is -0.384 e. The molecule has 2 heteroatoms. The van der Waals surface area contributed by atoms with Crippen molar-refractivity contribution in [3.05, 3.63) is 36.7 Å². The first-order chi connectivity index (χ1) is 5.92. The maximum atomic E-state index is 3.31. The molecule has 0 fully saturated rings. The van der Waals surface area contributed by atoms with E-state index in [1.54, 1.807) is 0 Å². The summed E-state index contributed by atoms with van der Waals surface area (Å²) in [5.74, 6) is 0. The van der Waals surface area contributed by atoms with Gasteiger partial charge in [0, 0.05) is 18.9 Å². The van der Waals surface area contributed by atoms with Crippen LogP contribution in [0.15, 0.2) is 36.7 Å². The van der Waals surface area contributed by atoms with Crippen molar-refractivity contribution in [2.75, 3.05) is 11.9 Å². The van der Waals surface area contributed by atoms with E-state index in [1.165, 1.54) is 11.2 Å². The Labute approximate surface area is 71.8 Å². The van der Waals surface area contributed by atoms with E-state index in [1.807, 2.05) is 6.07 Å². The molecule has 0 saturated carbocycles. The molecular formula is C10H12N2. The number of nitrogens with zero attached hydrogens (tertiary/aromatic N) is 1. The van der Waals surface area contributed by atoms with Gasteiger partial charge in [0.1, 0.15) is 0 Å². The summed E-state index contributed by atoms with van der Waals surface area (Å²) in [6, 6.07) is 8.29. The first-order valence-electron chi connectivity index (χ1n) is 4.21. The van der Waals surface area contributed by atoms with Gasteiger partial charge in [-0.15, -0.1) is 0 Å². The highest BCUT2D eigenvalue weighted by atomic mass is 14.9. The predicted octanol–water partition coefficient (Wildman–Crippen LogP) is 2.37. The number of hydrogen-bond donors (Lipinski definition) is 1. The van der Waals surface area contributed by atoms with Crippen molar-refractivity contribution in [1.82, 2.24) is 4.40 Å². The number of aromatic nitrogens is 1. The third-order valence-electron chi connectivity index (χ3n) is 1.94. The van der Waals surface area contributed by atoms with Crippen molar-refractivity contribution >= 4 is 11.2 Å². The summed E-state index contributed by atoms with van der Waals surface area (Å²) in [5.41, 5.74) is 2.44. The van der Waals surface area contributed by atoms with Crippen LogP contribution in [0, 0.1) is 0 Å². The van der Waals surface area contributed by atoms with E-state index in [4.69, 9.17) is 0 Å². The van der Waals surface area contributed by atoms with Gasteiger partial charge in [0.05, 0.1) is 11.2 Å². The van der Waals surface area contributed by atoms with Gasteiger partial charge in [0.15, 0.2) is 0 Å². The maximum absolute atomic E-state index is 3.31. The molecule has 2 rings (SSSR count). The van der Waals surface area contributed by atoms with Crippen LogP contribution in [0.3, 0.4) is 0 Å². The number of fused-ring (bicyclic) bond motifs is 1. The van der Waals surface area contributed by atoms with Gasteiger partial charge in [-0.05, 0) is 25.1 Å². The lowest BCUT2D eigenvalue weighted by Gasteiger charge is -2.00. The van der Waals surface area contributed by atoms with Crippen LogP contribution in [-0.2, 0) is 0 Å². The SMILES string of the molecule is CCNc1ccn2ccccc12. The maximum Gasteiger partial charge on any atom is 0.0683 e. The van der Waals surface area contributed by atoms with E-state index < -0.39 is 0 Å². The second-order valence-electron chi connectivity index (χ2n) is 2.75. The molecule has 0 unspecified atom stereocenters. The molecule has 0 aliphatic rings. The summed E-state index contributed by atoms with van der Waals surface area (Å²) >= 11 is 0. The Morgan fingerprint density at radius 2 is 2.17 bits per heavy atom. The van der Waals surface area contributed by atoms with Gasteiger partial charge in [-0.25, -0.2) is 0 Å². The first kappa shape index (κ1) is 7.22. The molecule has 12 heavy (non-hydrogen) atoms. The lowest BCUT2D eigenvalue weighted by atomic mass is 10.3. The average Bonchev–Trinajstić information content (AvgIpc) is 2.50. The molecule has 2 aromatic heterocycles. The van der Waals surface area contributed by atoms with Crippen LogP contribution in [0.2, 0.25) is 0 Å². The largest absolute Gasteiger partial charge is 0.384 e. The Hall–Kier alpha value is -1.44. The zero-order chi connectivity index (χ0) is 8.39. The summed E-state index contributed by atoms with van der Waals surface area (Å²) in [7, 11) is 0. The fraction of sp³-hybridized carbons (Fsp3) is 0.200. The van der Waals surface area contributed by atoms with E-state index in [0.29, 0.717) is 0 Å². The summed E-state index contributed by atoms with van der Waals surface area (Å²) in [5, 5.41) is 3.31. The average molecular weight is 160 g/mol. The lowest BCUT2D eigenvalue weighted by molar-refractivity contribution is 1.19. The van der Waals surface area contributed by atoms with Crippen LogP contribution in [0.4, 0.5) is 5.69 Å². The van der Waals surface area contributed by atoms with Gasteiger partial charge >= 0.3 is 0 Å². The molecule has 0 aliphatic heterocycles. The quantitative estimate of drug-likeness (QED) is 0.713. The molecule has 2 aromatic rings. The van der Waals surface area contributed by atoms with Crippen molar-refractivity contribution in [2.45, 2.75) is 6.92 Å². The third-order valence-corrected chi connectivity index (χ3v) is 1.94. The number of anilines is 1. The molecule has 2 nitrogen and oxygen atoms in total. The minimum atomic E-state index is 0.967. The highest BCUT2D eigenvalue weighted by Gasteiger charge is 1.97. The molecule has 0 bridgehead atoms. The Morgan fingerprint density at radius 3 is 3.00 bits per heavy atom. The predicted molar refractivity (Wildman–Crippen MR) is 51.6 cm³/mol. The molecule has 0 atom stereocenters. The molecule has 0 aromatic carbocycles. The van der Waals surface area contributed by atoms with Crippen LogP contribution in [0.5, 0.6) is 0 Å². The van der Waals surface area contributed by atoms with Crippen LogP contribution in [-0.4, -0.2) is 10.9 Å². The minimum absolute atomic E-state index is 0.967. The molecule has 0 spiro atoms. The lowest BCUT2D eigenvalue weighted by Crippen LogP contribution is -1.95. The summed E-state index contributed by atoms with van der Waals surface area (Å²) in [6.45, 7) is 3.07. The Morgan fingerprint density at radius 1 is 1.25 bits per heavy atom. The number of nitrogens with one attached hydrogen (secondary N) is 1. The highest BCUT2D eigenvalue weighted by molar-refractivity contribution is 5.72. The van der Waals surface area contributed by atoms with Crippen LogP contribution >= 0.6 is 0 Å².